The van der Waals surface area contributed by atoms with Crippen LogP contribution in [0.3, 0.4) is 0 Å². The number of aliphatic carboxylic acids is 2. The van der Waals surface area contributed by atoms with Gasteiger partial charge < -0.3 is 20.1 Å². The molecule has 0 unspecified atom stereocenters. The Hall–Kier alpha value is -2.59. The summed E-state index contributed by atoms with van der Waals surface area (Å²) in [4.78, 5) is 35.7. The molecule has 0 aliphatic carbocycles. The molecule has 8 nitrogen and oxygen atoms in total. The molecule has 10 heteroatoms. The van der Waals surface area contributed by atoms with Gasteiger partial charge in [-0.3, -0.25) is 14.5 Å². The monoisotopic (exact) mass is 397 g/mol. The molecule has 1 aliphatic heterocycles. The average Bonchev–Trinajstić information content (AvgIpc) is 2.82. The van der Waals surface area contributed by atoms with E-state index in [0.29, 0.717) is 12.2 Å². The van der Waals surface area contributed by atoms with Crippen molar-refractivity contribution in [2.75, 3.05) is 6.61 Å². The molecule has 1 atom stereocenters. The van der Waals surface area contributed by atoms with Crippen LogP contribution in [0.25, 0.3) is 6.08 Å². The second-order valence-corrected chi connectivity index (χ2v) is 6.84. The molecule has 26 heavy (non-hydrogen) atoms. The average molecular weight is 397 g/mol. The number of phenols is 1. The van der Waals surface area contributed by atoms with E-state index in [4.69, 9.17) is 22.1 Å². The Morgan fingerprint density at radius 1 is 1.38 bits per heavy atom. The molecule has 0 spiro atoms. The number of carbonyl (C=O) groups is 3. The van der Waals surface area contributed by atoms with Crippen molar-refractivity contribution in [1.29, 1.82) is 0 Å². The Bertz CT molecular complexity index is 806. The molecule has 1 amide bonds. The van der Waals surface area contributed by atoms with Crippen molar-refractivity contribution >= 4 is 52.2 Å². The number of amides is 1. The van der Waals surface area contributed by atoms with E-state index >= 15 is 0 Å². The topological polar surface area (TPSA) is 124 Å². The molecule has 2 rings (SSSR count). The summed E-state index contributed by atoms with van der Waals surface area (Å²) in [7, 11) is 0. The van der Waals surface area contributed by atoms with Gasteiger partial charge in [-0.05, 0) is 30.7 Å². The zero-order valence-corrected chi connectivity index (χ0v) is 15.2. The van der Waals surface area contributed by atoms with Crippen LogP contribution in [-0.2, 0) is 14.4 Å². The number of thioether (sulfide) groups is 1. The summed E-state index contributed by atoms with van der Waals surface area (Å²) in [6.07, 6.45) is 0.712. The minimum absolute atomic E-state index is 0.0290. The van der Waals surface area contributed by atoms with Crippen LogP contribution in [0.5, 0.6) is 11.5 Å². The molecule has 0 bridgehead atoms. The van der Waals surface area contributed by atoms with Crippen LogP contribution in [0.2, 0.25) is 0 Å². The molecular formula is C16H15NO7S2. The van der Waals surface area contributed by atoms with Crippen LogP contribution in [0.15, 0.2) is 23.1 Å². The van der Waals surface area contributed by atoms with Gasteiger partial charge in [-0.15, -0.1) is 0 Å². The lowest BCUT2D eigenvalue weighted by molar-refractivity contribution is -0.150. The maximum Gasteiger partial charge on any atom is 0.327 e. The number of rotatable bonds is 7. The Labute approximate surface area is 158 Å². The lowest BCUT2D eigenvalue weighted by Gasteiger charge is -2.21. The Morgan fingerprint density at radius 2 is 2.08 bits per heavy atom. The molecule has 1 aromatic carbocycles. The summed E-state index contributed by atoms with van der Waals surface area (Å²) in [5.74, 6) is -3.29. The second kappa shape index (κ2) is 8.19. The summed E-state index contributed by atoms with van der Waals surface area (Å²) < 4.78 is 5.25. The Balaban J connectivity index is 2.33. The van der Waals surface area contributed by atoms with Gasteiger partial charge in [0.1, 0.15) is 10.4 Å². The minimum atomic E-state index is -1.58. The van der Waals surface area contributed by atoms with E-state index < -0.39 is 30.3 Å². The standard InChI is InChI=1S/C16H15NO7S2/c1-2-24-11-5-8(3-4-10(11)18)6-12-14(21)17(16(25)26-12)9(15(22)23)7-13(19)20/h3-6,9,18H,2,7H2,1H3,(H,19,20)(H,22,23)/b12-6+/t9-/m1/s1. The van der Waals surface area contributed by atoms with E-state index in [1.807, 2.05) is 0 Å². The van der Waals surface area contributed by atoms with Crippen molar-refractivity contribution in [1.82, 2.24) is 4.90 Å². The number of phenolic OH excluding ortho intramolecular Hbond substituents is 1. The zero-order chi connectivity index (χ0) is 19.4. The van der Waals surface area contributed by atoms with Gasteiger partial charge in [-0.25, -0.2) is 4.79 Å². The number of carboxylic acid groups (broad SMARTS) is 2. The summed E-state index contributed by atoms with van der Waals surface area (Å²) in [5, 5.41) is 27.8. The molecule has 138 valence electrons. The number of benzene rings is 1. The van der Waals surface area contributed by atoms with Gasteiger partial charge in [0.15, 0.2) is 11.5 Å². The third-order valence-electron chi connectivity index (χ3n) is 3.37. The van der Waals surface area contributed by atoms with Crippen LogP contribution >= 0.6 is 24.0 Å². The van der Waals surface area contributed by atoms with Gasteiger partial charge in [0.2, 0.25) is 0 Å². The molecule has 3 N–H and O–H groups in total. The molecule has 1 aliphatic rings. The fraction of sp³-hybridized carbons (Fsp3) is 0.250. The van der Waals surface area contributed by atoms with Crippen LogP contribution in [0, 0.1) is 0 Å². The predicted octanol–water partition coefficient (Wildman–Crippen LogP) is 1.92. The van der Waals surface area contributed by atoms with Gasteiger partial charge in [0.25, 0.3) is 5.91 Å². The Morgan fingerprint density at radius 3 is 2.65 bits per heavy atom. The van der Waals surface area contributed by atoms with Crippen molar-refractivity contribution in [2.45, 2.75) is 19.4 Å². The number of carboxylic acids is 2. The smallest absolute Gasteiger partial charge is 0.327 e. The van der Waals surface area contributed by atoms with Crippen LogP contribution in [0.1, 0.15) is 18.9 Å². The maximum atomic E-state index is 12.5. The van der Waals surface area contributed by atoms with Crippen molar-refractivity contribution in [2.24, 2.45) is 0 Å². The first-order chi connectivity index (χ1) is 12.2. The van der Waals surface area contributed by atoms with Gasteiger partial charge >= 0.3 is 11.9 Å². The van der Waals surface area contributed by atoms with Crippen molar-refractivity contribution in [3.63, 3.8) is 0 Å². The van der Waals surface area contributed by atoms with Crippen molar-refractivity contribution < 1.29 is 34.4 Å². The van der Waals surface area contributed by atoms with Crippen LogP contribution in [-0.4, -0.2) is 55.0 Å². The van der Waals surface area contributed by atoms with Gasteiger partial charge in [0, 0.05) is 0 Å². The van der Waals surface area contributed by atoms with Crippen molar-refractivity contribution in [3.05, 3.63) is 28.7 Å². The number of hydrogen-bond donors (Lipinski definition) is 3. The number of thiocarbonyl (C=S) groups is 1. The molecule has 1 saturated heterocycles. The van der Waals surface area contributed by atoms with Gasteiger partial charge in [0.05, 0.1) is 17.9 Å². The predicted molar refractivity (Wildman–Crippen MR) is 98.0 cm³/mol. The number of ether oxygens (including phenoxy) is 1. The van der Waals surface area contributed by atoms with E-state index in [-0.39, 0.29) is 20.7 Å². The van der Waals surface area contributed by atoms with E-state index in [1.54, 1.807) is 13.0 Å². The SMILES string of the molecule is CCOc1cc(/C=C2/SC(=S)N([C@H](CC(=O)O)C(=O)O)C2=O)ccc1O. The molecule has 1 aromatic rings. The van der Waals surface area contributed by atoms with E-state index in [1.165, 1.54) is 18.2 Å². The zero-order valence-electron chi connectivity index (χ0n) is 13.5. The molecule has 0 aromatic heterocycles. The van der Waals surface area contributed by atoms with E-state index in [0.717, 1.165) is 16.7 Å². The highest BCUT2D eigenvalue weighted by Gasteiger charge is 2.41. The largest absolute Gasteiger partial charge is 0.504 e. The van der Waals surface area contributed by atoms with Crippen LogP contribution < -0.4 is 4.74 Å². The molecule has 0 radical (unpaired) electrons. The normalized spacial score (nSPS) is 16.8. The summed E-state index contributed by atoms with van der Waals surface area (Å²) in [6, 6.07) is 2.90. The summed E-state index contributed by atoms with van der Waals surface area (Å²) in [6.45, 7) is 2.10. The first kappa shape index (κ1) is 19.7. The first-order valence-corrected chi connectivity index (χ1v) is 8.64. The van der Waals surface area contributed by atoms with Gasteiger partial charge in [-0.1, -0.05) is 30.0 Å². The molecule has 1 fully saturated rings. The van der Waals surface area contributed by atoms with Gasteiger partial charge in [-0.2, -0.15) is 0 Å². The summed E-state index contributed by atoms with van der Waals surface area (Å²) >= 11 is 5.94. The third kappa shape index (κ3) is 4.33. The first-order valence-electron chi connectivity index (χ1n) is 7.42. The lowest BCUT2D eigenvalue weighted by Crippen LogP contribution is -2.45. The molecule has 0 saturated carbocycles. The lowest BCUT2D eigenvalue weighted by atomic mass is 10.1. The highest BCUT2D eigenvalue weighted by atomic mass is 32.2. The molecular weight excluding hydrogens is 382 g/mol. The Kier molecular flexibility index (Phi) is 6.22. The number of hydrogen-bond acceptors (Lipinski definition) is 7. The number of carbonyl (C=O) groups excluding carboxylic acids is 1. The second-order valence-electron chi connectivity index (χ2n) is 5.16. The maximum absolute atomic E-state index is 12.5. The number of nitrogens with zero attached hydrogens (tertiary/aromatic N) is 1. The van der Waals surface area contributed by atoms with Crippen LogP contribution in [0.4, 0.5) is 0 Å². The highest BCUT2D eigenvalue weighted by molar-refractivity contribution is 8.26. The fourth-order valence-electron chi connectivity index (χ4n) is 2.25. The number of aromatic hydroxyl groups is 1. The van der Waals surface area contributed by atoms with E-state index in [2.05, 4.69) is 0 Å². The highest BCUT2D eigenvalue weighted by Crippen LogP contribution is 2.36. The molecule has 1 heterocycles. The van der Waals surface area contributed by atoms with E-state index in [9.17, 15) is 24.6 Å². The fourth-order valence-corrected chi connectivity index (χ4v) is 3.60. The summed E-state index contributed by atoms with van der Waals surface area (Å²) in [5.41, 5.74) is 0.539. The van der Waals surface area contributed by atoms with Crippen molar-refractivity contribution in [3.8, 4) is 11.5 Å². The third-order valence-corrected chi connectivity index (χ3v) is 4.70. The minimum Gasteiger partial charge on any atom is -0.504 e. The quantitative estimate of drug-likeness (QED) is 0.467.